The Labute approximate surface area is 219 Å². The average Bonchev–Trinajstić information content (AvgIpc) is 2.86. The third-order valence-corrected chi connectivity index (χ3v) is 5.48. The third kappa shape index (κ3) is 5.95. The number of aromatic nitrogens is 2. The second-order valence-corrected chi connectivity index (χ2v) is 8.14. The quantitative estimate of drug-likeness (QED) is 0.148. The van der Waals surface area contributed by atoms with Gasteiger partial charge in [-0.25, -0.2) is 9.55 Å². The molecule has 1 aromatic heterocycles. The number of halogens is 7. The summed E-state index contributed by atoms with van der Waals surface area (Å²) in [5.41, 5.74) is -6.43. The molecular formula is C24H13ClF6N4O4. The molecule has 0 amide bonds. The summed E-state index contributed by atoms with van der Waals surface area (Å²) < 4.78 is 86.1. The van der Waals surface area contributed by atoms with Gasteiger partial charge < -0.3 is 10.1 Å². The van der Waals surface area contributed by atoms with Crippen LogP contribution in [0.2, 0.25) is 5.02 Å². The molecule has 1 N–H and O–H groups in total. The molecule has 0 aliphatic heterocycles. The molecule has 0 saturated heterocycles. The molecule has 0 fully saturated rings. The Bertz CT molecular complexity index is 1590. The van der Waals surface area contributed by atoms with Crippen molar-refractivity contribution in [3.8, 4) is 17.2 Å². The number of nitrogens with one attached hydrogen (secondary N) is 1. The Morgan fingerprint density at radius 2 is 1.51 bits per heavy atom. The summed E-state index contributed by atoms with van der Waals surface area (Å²) in [5.74, 6) is -0.133. The van der Waals surface area contributed by atoms with Gasteiger partial charge in [-0.05, 0) is 48.5 Å². The first kappa shape index (κ1) is 27.4. The Morgan fingerprint density at radius 3 is 2.08 bits per heavy atom. The van der Waals surface area contributed by atoms with E-state index in [1.807, 2.05) is 0 Å². The molecule has 0 spiro atoms. The van der Waals surface area contributed by atoms with Gasteiger partial charge in [0, 0.05) is 6.07 Å². The van der Waals surface area contributed by atoms with Crippen LogP contribution in [0.15, 0.2) is 77.6 Å². The first-order valence-corrected chi connectivity index (χ1v) is 11.0. The SMILES string of the molecule is O=c1c(Cl)c(C(F)(F)F)nc(Nc2ccc(C(F)(F)F)cc2[N+](=O)[O-])n1-c1ccc(Oc2ccccc2)cc1. The summed E-state index contributed by atoms with van der Waals surface area (Å²) in [6.45, 7) is 0. The Morgan fingerprint density at radius 1 is 0.897 bits per heavy atom. The van der Waals surface area contributed by atoms with E-state index in [0.29, 0.717) is 22.4 Å². The van der Waals surface area contributed by atoms with Gasteiger partial charge in [-0.3, -0.25) is 14.9 Å². The highest BCUT2D eigenvalue weighted by atomic mass is 35.5. The number of alkyl halides is 6. The summed E-state index contributed by atoms with van der Waals surface area (Å²) in [6.07, 6.45) is -10.1. The highest BCUT2D eigenvalue weighted by Gasteiger charge is 2.39. The van der Waals surface area contributed by atoms with E-state index in [4.69, 9.17) is 16.3 Å². The van der Waals surface area contributed by atoms with Crippen molar-refractivity contribution < 1.29 is 36.0 Å². The van der Waals surface area contributed by atoms with Gasteiger partial charge in [0.05, 0.1) is 16.2 Å². The lowest BCUT2D eigenvalue weighted by molar-refractivity contribution is -0.384. The minimum atomic E-state index is -5.20. The number of ether oxygens (including phenoxy) is 1. The van der Waals surface area contributed by atoms with Gasteiger partial charge in [0.2, 0.25) is 5.95 Å². The fraction of sp³-hybridized carbons (Fsp3) is 0.0833. The van der Waals surface area contributed by atoms with Crippen LogP contribution < -0.4 is 15.6 Å². The number of hydrogen-bond acceptors (Lipinski definition) is 6. The Hall–Kier alpha value is -4.59. The molecule has 0 bridgehead atoms. The van der Waals surface area contributed by atoms with Crippen LogP contribution in [0.1, 0.15) is 11.3 Å². The zero-order valence-electron chi connectivity index (χ0n) is 19.0. The maximum absolute atomic E-state index is 13.6. The normalized spacial score (nSPS) is 11.8. The number of rotatable bonds is 6. The summed E-state index contributed by atoms with van der Waals surface area (Å²) in [7, 11) is 0. The summed E-state index contributed by atoms with van der Waals surface area (Å²) in [6, 6.07) is 15.2. The zero-order valence-corrected chi connectivity index (χ0v) is 19.8. The van der Waals surface area contributed by atoms with Crippen LogP contribution in [0.25, 0.3) is 5.69 Å². The van der Waals surface area contributed by atoms with Crippen molar-refractivity contribution in [2.24, 2.45) is 0 Å². The predicted molar refractivity (Wildman–Crippen MR) is 128 cm³/mol. The standard InChI is InChI=1S/C24H13ClF6N4O4/c25-19-20(24(29,30)31)33-22(32-17-11-6-13(23(26,27)28)12-18(17)35(37)38)34(21(19)36)14-7-9-16(10-8-14)39-15-4-2-1-3-5-15/h1-12H,(H,32,33). The molecule has 0 atom stereocenters. The third-order valence-electron chi connectivity index (χ3n) is 5.14. The number of hydrogen-bond donors (Lipinski definition) is 1. The number of nitro benzene ring substituents is 1. The highest BCUT2D eigenvalue weighted by Crippen LogP contribution is 2.37. The van der Waals surface area contributed by atoms with E-state index in [9.17, 15) is 41.3 Å². The minimum absolute atomic E-state index is 0.0828. The molecule has 0 aliphatic carbocycles. The monoisotopic (exact) mass is 570 g/mol. The van der Waals surface area contributed by atoms with Crippen LogP contribution in [0.5, 0.6) is 11.5 Å². The van der Waals surface area contributed by atoms with Gasteiger partial charge in [0.25, 0.3) is 11.2 Å². The van der Waals surface area contributed by atoms with Crippen molar-refractivity contribution in [3.63, 3.8) is 0 Å². The molecule has 0 aliphatic rings. The van der Waals surface area contributed by atoms with Gasteiger partial charge >= 0.3 is 12.4 Å². The van der Waals surface area contributed by atoms with Crippen LogP contribution in [-0.2, 0) is 12.4 Å². The van der Waals surface area contributed by atoms with Gasteiger partial charge in [-0.15, -0.1) is 0 Å². The zero-order chi connectivity index (χ0) is 28.5. The van der Waals surface area contributed by atoms with E-state index < -0.39 is 56.4 Å². The molecule has 202 valence electrons. The molecule has 15 heteroatoms. The lowest BCUT2D eigenvalue weighted by atomic mass is 10.1. The first-order chi connectivity index (χ1) is 18.3. The molecule has 1 heterocycles. The van der Waals surface area contributed by atoms with Crippen LogP contribution in [0.4, 0.5) is 43.7 Å². The largest absolute Gasteiger partial charge is 0.457 e. The fourth-order valence-corrected chi connectivity index (χ4v) is 3.62. The fourth-order valence-electron chi connectivity index (χ4n) is 3.38. The number of benzene rings is 3. The Balaban J connectivity index is 1.84. The van der Waals surface area contributed by atoms with E-state index in [2.05, 4.69) is 10.3 Å². The summed E-state index contributed by atoms with van der Waals surface area (Å²) >= 11 is 5.70. The molecule has 0 saturated carbocycles. The van der Waals surface area contributed by atoms with Gasteiger partial charge in [-0.1, -0.05) is 29.8 Å². The molecule has 4 rings (SSSR count). The molecule has 0 radical (unpaired) electrons. The summed E-state index contributed by atoms with van der Waals surface area (Å²) in [5, 5.41) is 12.4. The van der Waals surface area contributed by atoms with Gasteiger partial charge in [-0.2, -0.15) is 26.3 Å². The first-order valence-electron chi connectivity index (χ1n) is 10.6. The predicted octanol–water partition coefficient (Wildman–Crippen LogP) is 7.37. The maximum Gasteiger partial charge on any atom is 0.435 e. The number of anilines is 2. The van der Waals surface area contributed by atoms with Crippen molar-refractivity contribution >= 4 is 28.9 Å². The smallest absolute Gasteiger partial charge is 0.435 e. The van der Waals surface area contributed by atoms with E-state index in [0.717, 1.165) is 0 Å². The topological polar surface area (TPSA) is 99.3 Å². The van der Waals surface area contributed by atoms with Gasteiger partial charge in [0.1, 0.15) is 22.2 Å². The molecule has 39 heavy (non-hydrogen) atoms. The number of nitrogens with zero attached hydrogens (tertiary/aromatic N) is 3. The number of para-hydroxylation sites is 1. The van der Waals surface area contributed by atoms with E-state index >= 15 is 0 Å². The number of nitro groups is 1. The van der Waals surface area contributed by atoms with Crippen LogP contribution in [0.3, 0.4) is 0 Å². The summed E-state index contributed by atoms with van der Waals surface area (Å²) in [4.78, 5) is 26.6. The molecule has 3 aromatic carbocycles. The molecule has 0 unspecified atom stereocenters. The lowest BCUT2D eigenvalue weighted by Gasteiger charge is -2.18. The van der Waals surface area contributed by atoms with Gasteiger partial charge in [0.15, 0.2) is 5.69 Å². The molecular weight excluding hydrogens is 558 g/mol. The Kier molecular flexibility index (Phi) is 7.24. The van der Waals surface area contributed by atoms with Crippen LogP contribution in [0, 0.1) is 10.1 Å². The van der Waals surface area contributed by atoms with E-state index in [1.54, 1.807) is 30.3 Å². The van der Waals surface area contributed by atoms with Crippen molar-refractivity contribution in [2.45, 2.75) is 12.4 Å². The maximum atomic E-state index is 13.6. The molecule has 4 aromatic rings. The minimum Gasteiger partial charge on any atom is -0.457 e. The second-order valence-electron chi connectivity index (χ2n) is 7.76. The molecule has 8 nitrogen and oxygen atoms in total. The van der Waals surface area contributed by atoms with Crippen molar-refractivity contribution in [1.29, 1.82) is 0 Å². The highest BCUT2D eigenvalue weighted by molar-refractivity contribution is 6.31. The van der Waals surface area contributed by atoms with E-state index in [-0.39, 0.29) is 17.5 Å². The van der Waals surface area contributed by atoms with Crippen molar-refractivity contribution in [2.75, 3.05) is 5.32 Å². The van der Waals surface area contributed by atoms with Crippen LogP contribution in [-0.4, -0.2) is 14.5 Å². The van der Waals surface area contributed by atoms with Crippen molar-refractivity contribution in [3.05, 3.63) is 110 Å². The van der Waals surface area contributed by atoms with Crippen LogP contribution >= 0.6 is 11.6 Å². The van der Waals surface area contributed by atoms with Crippen molar-refractivity contribution in [1.82, 2.24) is 9.55 Å². The van der Waals surface area contributed by atoms with E-state index in [1.165, 1.54) is 24.3 Å². The lowest BCUT2D eigenvalue weighted by Crippen LogP contribution is -2.27. The second kappa shape index (κ2) is 10.3. The average molecular weight is 571 g/mol.